The van der Waals surface area contributed by atoms with Gasteiger partial charge >= 0.3 is 0 Å². The molecule has 0 aromatic rings. The van der Waals surface area contributed by atoms with E-state index in [-0.39, 0.29) is 0 Å². The molecule has 1 N–H and O–H groups in total. The molecule has 0 bridgehead atoms. The van der Waals surface area contributed by atoms with Crippen LogP contribution in [0.15, 0.2) is 0 Å². The largest absolute Gasteiger partial charge is 0.342 e. The number of likely N-dealkylation sites (tertiary alicyclic amines) is 1. The van der Waals surface area contributed by atoms with Crippen molar-refractivity contribution >= 4 is 5.91 Å². The van der Waals surface area contributed by atoms with E-state index in [1.807, 2.05) is 0 Å². The zero-order valence-corrected chi connectivity index (χ0v) is 11.7. The van der Waals surface area contributed by atoms with Crippen LogP contribution in [-0.2, 0) is 4.79 Å². The molecule has 18 heavy (non-hydrogen) atoms. The minimum absolute atomic E-state index is 0.343. The van der Waals surface area contributed by atoms with Gasteiger partial charge in [0.05, 0.1) is 6.54 Å². The Labute approximate surface area is 111 Å². The highest BCUT2D eigenvalue weighted by molar-refractivity contribution is 5.78. The average molecular weight is 253 g/mol. The number of piperidine rings is 2. The van der Waals surface area contributed by atoms with Crippen molar-refractivity contribution in [3.63, 3.8) is 0 Å². The summed E-state index contributed by atoms with van der Waals surface area (Å²) in [5.41, 5.74) is 0. The fraction of sp³-hybridized carbons (Fsp3) is 0.929. The monoisotopic (exact) mass is 253 g/mol. The highest BCUT2D eigenvalue weighted by Crippen LogP contribution is 2.13. The van der Waals surface area contributed by atoms with Crippen LogP contribution >= 0.6 is 0 Å². The fourth-order valence-electron chi connectivity index (χ4n) is 3.09. The Kier molecular flexibility index (Phi) is 5.45. The van der Waals surface area contributed by atoms with E-state index in [1.54, 1.807) is 0 Å². The van der Waals surface area contributed by atoms with Crippen molar-refractivity contribution in [1.82, 2.24) is 15.1 Å². The van der Waals surface area contributed by atoms with Crippen molar-refractivity contribution in [2.75, 3.05) is 39.3 Å². The van der Waals surface area contributed by atoms with Crippen molar-refractivity contribution in [3.05, 3.63) is 0 Å². The lowest BCUT2D eigenvalue weighted by atomic mass is 10.0. The summed E-state index contributed by atoms with van der Waals surface area (Å²) in [7, 11) is 0. The molecule has 4 nitrogen and oxygen atoms in total. The molecule has 1 amide bonds. The van der Waals surface area contributed by atoms with Crippen LogP contribution in [0, 0.1) is 0 Å². The molecule has 2 aliphatic heterocycles. The molecule has 2 heterocycles. The number of likely N-dealkylation sites (N-methyl/N-ethyl adjacent to an activating group) is 1. The normalized spacial score (nSPS) is 22.4. The predicted molar refractivity (Wildman–Crippen MR) is 73.6 cm³/mol. The Balaban J connectivity index is 1.82. The van der Waals surface area contributed by atoms with E-state index in [9.17, 15) is 4.79 Å². The number of hydrogen-bond acceptors (Lipinski definition) is 3. The SMILES string of the molecule is CCN(CC(=O)N1CCCCC1)C1CCNCC1. The lowest BCUT2D eigenvalue weighted by molar-refractivity contribution is -0.134. The molecule has 104 valence electrons. The molecular formula is C14H27N3O. The maximum Gasteiger partial charge on any atom is 0.236 e. The van der Waals surface area contributed by atoms with Crippen LogP contribution < -0.4 is 5.32 Å². The van der Waals surface area contributed by atoms with E-state index in [0.717, 1.165) is 32.7 Å². The van der Waals surface area contributed by atoms with Crippen LogP contribution in [0.4, 0.5) is 0 Å². The molecular weight excluding hydrogens is 226 g/mol. The van der Waals surface area contributed by atoms with Crippen molar-refractivity contribution in [2.24, 2.45) is 0 Å². The summed E-state index contributed by atoms with van der Waals surface area (Å²) >= 11 is 0. The van der Waals surface area contributed by atoms with Gasteiger partial charge in [-0.25, -0.2) is 0 Å². The van der Waals surface area contributed by atoms with E-state index in [2.05, 4.69) is 22.0 Å². The van der Waals surface area contributed by atoms with Gasteiger partial charge in [-0.3, -0.25) is 9.69 Å². The van der Waals surface area contributed by atoms with E-state index in [4.69, 9.17) is 0 Å². The van der Waals surface area contributed by atoms with Gasteiger partial charge in [-0.05, 0) is 51.7 Å². The molecule has 0 unspecified atom stereocenters. The van der Waals surface area contributed by atoms with Gasteiger partial charge < -0.3 is 10.2 Å². The van der Waals surface area contributed by atoms with Crippen molar-refractivity contribution in [2.45, 2.75) is 45.1 Å². The minimum Gasteiger partial charge on any atom is -0.342 e. The van der Waals surface area contributed by atoms with Gasteiger partial charge in [0, 0.05) is 19.1 Å². The molecule has 4 heteroatoms. The predicted octanol–water partition coefficient (Wildman–Crippen LogP) is 1.07. The molecule has 2 saturated heterocycles. The highest BCUT2D eigenvalue weighted by atomic mass is 16.2. The smallest absolute Gasteiger partial charge is 0.236 e. The first-order valence-corrected chi connectivity index (χ1v) is 7.54. The summed E-state index contributed by atoms with van der Waals surface area (Å²) in [4.78, 5) is 16.7. The second-order valence-corrected chi connectivity index (χ2v) is 5.49. The third kappa shape index (κ3) is 3.69. The molecule has 0 aromatic carbocycles. The summed E-state index contributed by atoms with van der Waals surface area (Å²) in [5, 5.41) is 3.39. The quantitative estimate of drug-likeness (QED) is 0.814. The van der Waals surface area contributed by atoms with E-state index in [1.165, 1.54) is 32.1 Å². The van der Waals surface area contributed by atoms with E-state index in [0.29, 0.717) is 18.5 Å². The first kappa shape index (κ1) is 13.8. The number of carbonyl (C=O) groups is 1. The number of nitrogens with one attached hydrogen (secondary N) is 1. The highest BCUT2D eigenvalue weighted by Gasteiger charge is 2.24. The van der Waals surface area contributed by atoms with E-state index >= 15 is 0 Å². The van der Waals surface area contributed by atoms with E-state index < -0.39 is 0 Å². The Bertz CT molecular complexity index is 258. The Hall–Kier alpha value is -0.610. The van der Waals surface area contributed by atoms with Gasteiger partial charge in [0.15, 0.2) is 0 Å². The average Bonchev–Trinajstić information content (AvgIpc) is 2.46. The van der Waals surface area contributed by atoms with Gasteiger partial charge in [0.25, 0.3) is 0 Å². The first-order valence-electron chi connectivity index (χ1n) is 7.54. The fourth-order valence-corrected chi connectivity index (χ4v) is 3.09. The van der Waals surface area contributed by atoms with Crippen molar-refractivity contribution in [3.8, 4) is 0 Å². The van der Waals surface area contributed by atoms with Crippen LogP contribution in [0.25, 0.3) is 0 Å². The van der Waals surface area contributed by atoms with Crippen molar-refractivity contribution < 1.29 is 4.79 Å². The van der Waals surface area contributed by atoms with Gasteiger partial charge in [-0.15, -0.1) is 0 Å². The number of rotatable bonds is 4. The van der Waals surface area contributed by atoms with Gasteiger partial charge in [-0.2, -0.15) is 0 Å². The maximum absolute atomic E-state index is 12.3. The summed E-state index contributed by atoms with van der Waals surface area (Å²) in [5.74, 6) is 0.343. The zero-order chi connectivity index (χ0) is 12.8. The molecule has 0 aromatic heterocycles. The third-order valence-corrected chi connectivity index (χ3v) is 4.28. The Morgan fingerprint density at radius 1 is 1.22 bits per heavy atom. The van der Waals surface area contributed by atoms with Crippen molar-refractivity contribution in [1.29, 1.82) is 0 Å². The van der Waals surface area contributed by atoms with Crippen LogP contribution in [0.5, 0.6) is 0 Å². The molecule has 0 spiro atoms. The molecule has 2 aliphatic rings. The molecule has 2 fully saturated rings. The molecule has 0 radical (unpaired) electrons. The Morgan fingerprint density at radius 3 is 2.50 bits per heavy atom. The van der Waals surface area contributed by atoms with Crippen LogP contribution in [0.1, 0.15) is 39.0 Å². The molecule has 0 aliphatic carbocycles. The Morgan fingerprint density at radius 2 is 1.89 bits per heavy atom. The number of hydrogen-bond donors (Lipinski definition) is 1. The second kappa shape index (κ2) is 7.10. The molecule has 0 atom stereocenters. The van der Waals surface area contributed by atoms with Crippen LogP contribution in [0.2, 0.25) is 0 Å². The number of nitrogens with zero attached hydrogens (tertiary/aromatic N) is 2. The summed E-state index contributed by atoms with van der Waals surface area (Å²) < 4.78 is 0. The third-order valence-electron chi connectivity index (χ3n) is 4.28. The molecule has 2 rings (SSSR count). The van der Waals surface area contributed by atoms with Gasteiger partial charge in [0.2, 0.25) is 5.91 Å². The first-order chi connectivity index (χ1) is 8.81. The standard InChI is InChI=1S/C14H27N3O/c1-2-16(13-6-8-15-9-7-13)12-14(18)17-10-4-3-5-11-17/h13,15H,2-12H2,1H3. The lowest BCUT2D eigenvalue weighted by Gasteiger charge is -2.35. The van der Waals surface area contributed by atoms with Gasteiger partial charge in [-0.1, -0.05) is 6.92 Å². The van der Waals surface area contributed by atoms with Crippen LogP contribution in [-0.4, -0.2) is 61.0 Å². The summed E-state index contributed by atoms with van der Waals surface area (Å²) in [6.07, 6.45) is 6.02. The van der Waals surface area contributed by atoms with Gasteiger partial charge in [0.1, 0.15) is 0 Å². The zero-order valence-electron chi connectivity index (χ0n) is 11.7. The second-order valence-electron chi connectivity index (χ2n) is 5.49. The summed E-state index contributed by atoms with van der Waals surface area (Å²) in [6, 6.07) is 0.602. The number of amides is 1. The maximum atomic E-state index is 12.3. The summed E-state index contributed by atoms with van der Waals surface area (Å²) in [6.45, 7) is 7.93. The topological polar surface area (TPSA) is 35.6 Å². The minimum atomic E-state index is 0.343. The van der Waals surface area contributed by atoms with Crippen LogP contribution in [0.3, 0.4) is 0 Å². The lowest BCUT2D eigenvalue weighted by Crippen LogP contribution is -2.48. The number of carbonyl (C=O) groups excluding carboxylic acids is 1. The molecule has 0 saturated carbocycles.